The molecular weight excluding hydrogens is 302 g/mol. The molecule has 4 heteroatoms. The van der Waals surface area contributed by atoms with Gasteiger partial charge in [0.25, 0.3) is 5.56 Å². The smallest absolute Gasteiger partial charge is 0.330 e. The van der Waals surface area contributed by atoms with Crippen molar-refractivity contribution in [2.75, 3.05) is 7.11 Å². The molecule has 0 radical (unpaired) electrons. The predicted octanol–water partition coefficient (Wildman–Crippen LogP) is 3.39. The van der Waals surface area contributed by atoms with Gasteiger partial charge in [-0.1, -0.05) is 48.5 Å². The highest BCUT2D eigenvalue weighted by Crippen LogP contribution is 2.29. The maximum atomic E-state index is 12.7. The van der Waals surface area contributed by atoms with Crippen LogP contribution in [-0.2, 0) is 16.6 Å². The van der Waals surface area contributed by atoms with Crippen LogP contribution in [-0.4, -0.2) is 17.6 Å². The molecular formula is C20H17NO3. The van der Waals surface area contributed by atoms with Gasteiger partial charge in [-0.2, -0.15) is 0 Å². The molecule has 0 saturated heterocycles. The number of hydrogen-bond donors (Lipinski definition) is 0. The van der Waals surface area contributed by atoms with Crippen LogP contribution in [0.15, 0.2) is 65.5 Å². The van der Waals surface area contributed by atoms with E-state index in [0.29, 0.717) is 5.39 Å². The van der Waals surface area contributed by atoms with Gasteiger partial charge in [0.15, 0.2) is 0 Å². The van der Waals surface area contributed by atoms with Crippen molar-refractivity contribution in [1.29, 1.82) is 0 Å². The normalized spacial score (nSPS) is 11.1. The predicted molar refractivity (Wildman–Crippen MR) is 95.7 cm³/mol. The van der Waals surface area contributed by atoms with Crippen molar-refractivity contribution < 1.29 is 9.53 Å². The highest BCUT2D eigenvalue weighted by molar-refractivity contribution is 5.98. The third-order valence-electron chi connectivity index (χ3n) is 3.98. The van der Waals surface area contributed by atoms with E-state index in [-0.39, 0.29) is 5.56 Å². The third kappa shape index (κ3) is 2.74. The Hall–Kier alpha value is -3.14. The molecule has 0 aliphatic rings. The van der Waals surface area contributed by atoms with Crippen molar-refractivity contribution in [2.24, 2.45) is 7.05 Å². The molecule has 2 aromatic carbocycles. The molecule has 120 valence electrons. The Kier molecular flexibility index (Phi) is 4.29. The van der Waals surface area contributed by atoms with Gasteiger partial charge in [-0.3, -0.25) is 4.79 Å². The standard InChI is InChI=1S/C20H17NO3/c1-21-19(14-8-4-3-5-9-14)16(12-13-18(22)24-2)15-10-6-7-11-17(15)20(21)23/h3-13H,1-2H3. The molecule has 0 atom stereocenters. The van der Waals surface area contributed by atoms with Gasteiger partial charge < -0.3 is 9.30 Å². The first-order valence-corrected chi connectivity index (χ1v) is 7.56. The minimum atomic E-state index is -0.438. The van der Waals surface area contributed by atoms with Crippen molar-refractivity contribution in [2.45, 2.75) is 0 Å². The molecule has 1 aromatic heterocycles. The van der Waals surface area contributed by atoms with Crippen LogP contribution in [0, 0.1) is 0 Å². The van der Waals surface area contributed by atoms with Gasteiger partial charge in [0, 0.05) is 24.1 Å². The summed E-state index contributed by atoms with van der Waals surface area (Å²) in [4.78, 5) is 24.3. The van der Waals surface area contributed by atoms with E-state index in [0.717, 1.165) is 22.2 Å². The lowest BCUT2D eigenvalue weighted by atomic mass is 9.98. The lowest BCUT2D eigenvalue weighted by Crippen LogP contribution is -2.20. The second-order valence-corrected chi connectivity index (χ2v) is 5.39. The summed E-state index contributed by atoms with van der Waals surface area (Å²) in [5.41, 5.74) is 2.41. The number of aromatic nitrogens is 1. The van der Waals surface area contributed by atoms with E-state index in [2.05, 4.69) is 4.74 Å². The number of rotatable bonds is 3. The SMILES string of the molecule is COC(=O)C=Cc1c(-c2ccccc2)n(C)c(=O)c2ccccc12. The number of pyridine rings is 1. The van der Waals surface area contributed by atoms with Crippen molar-refractivity contribution in [3.05, 3.63) is 76.6 Å². The first-order valence-electron chi connectivity index (χ1n) is 7.56. The molecule has 0 bridgehead atoms. The number of fused-ring (bicyclic) bond motifs is 1. The van der Waals surface area contributed by atoms with Crippen molar-refractivity contribution in [3.63, 3.8) is 0 Å². The maximum absolute atomic E-state index is 12.7. The summed E-state index contributed by atoms with van der Waals surface area (Å²) in [6, 6.07) is 17.0. The fourth-order valence-electron chi connectivity index (χ4n) is 2.83. The Bertz CT molecular complexity index is 985. The molecule has 0 N–H and O–H groups in total. The number of carbonyl (C=O) groups excluding carboxylic acids is 1. The summed E-state index contributed by atoms with van der Waals surface area (Å²) in [5.74, 6) is -0.438. The van der Waals surface area contributed by atoms with Crippen LogP contribution in [0.1, 0.15) is 5.56 Å². The Balaban J connectivity index is 2.40. The molecule has 0 saturated carbocycles. The van der Waals surface area contributed by atoms with Crippen LogP contribution in [0.4, 0.5) is 0 Å². The molecule has 3 rings (SSSR count). The molecule has 0 amide bonds. The summed E-state index contributed by atoms with van der Waals surface area (Å²) in [6.45, 7) is 0. The van der Waals surface area contributed by atoms with Crippen molar-refractivity contribution in [1.82, 2.24) is 4.57 Å². The number of nitrogens with zero attached hydrogens (tertiary/aromatic N) is 1. The molecule has 0 spiro atoms. The quantitative estimate of drug-likeness (QED) is 0.549. The van der Waals surface area contributed by atoms with Gasteiger partial charge in [0.05, 0.1) is 12.8 Å². The summed E-state index contributed by atoms with van der Waals surface area (Å²) in [7, 11) is 3.08. The Morgan fingerprint density at radius 1 is 1.00 bits per heavy atom. The average molecular weight is 319 g/mol. The lowest BCUT2D eigenvalue weighted by Gasteiger charge is -2.15. The lowest BCUT2D eigenvalue weighted by molar-refractivity contribution is -0.134. The van der Waals surface area contributed by atoms with Gasteiger partial charge in [-0.05, 0) is 23.1 Å². The number of ether oxygens (including phenoxy) is 1. The van der Waals surface area contributed by atoms with Crippen LogP contribution >= 0.6 is 0 Å². The number of methoxy groups -OCH3 is 1. The minimum Gasteiger partial charge on any atom is -0.466 e. The van der Waals surface area contributed by atoms with Gasteiger partial charge >= 0.3 is 5.97 Å². The molecule has 0 unspecified atom stereocenters. The zero-order valence-corrected chi connectivity index (χ0v) is 13.5. The molecule has 24 heavy (non-hydrogen) atoms. The molecule has 3 aromatic rings. The first kappa shape index (κ1) is 15.7. The number of benzene rings is 2. The van der Waals surface area contributed by atoms with E-state index < -0.39 is 5.97 Å². The van der Waals surface area contributed by atoms with E-state index in [4.69, 9.17) is 0 Å². The molecule has 0 aliphatic heterocycles. The maximum Gasteiger partial charge on any atom is 0.330 e. The van der Waals surface area contributed by atoms with Crippen LogP contribution < -0.4 is 5.56 Å². The van der Waals surface area contributed by atoms with Crippen LogP contribution in [0.25, 0.3) is 28.1 Å². The Morgan fingerprint density at radius 3 is 2.29 bits per heavy atom. The molecule has 1 heterocycles. The van der Waals surface area contributed by atoms with Gasteiger partial charge in [0.1, 0.15) is 0 Å². The minimum absolute atomic E-state index is 0.0697. The van der Waals surface area contributed by atoms with Gasteiger partial charge in [-0.15, -0.1) is 0 Å². The summed E-state index contributed by atoms with van der Waals surface area (Å²) < 4.78 is 6.31. The van der Waals surface area contributed by atoms with Gasteiger partial charge in [-0.25, -0.2) is 4.79 Å². The Morgan fingerprint density at radius 2 is 1.62 bits per heavy atom. The van der Waals surface area contributed by atoms with Crippen LogP contribution in [0.3, 0.4) is 0 Å². The molecule has 0 fully saturated rings. The van der Waals surface area contributed by atoms with E-state index in [1.165, 1.54) is 13.2 Å². The highest BCUT2D eigenvalue weighted by Gasteiger charge is 2.14. The van der Waals surface area contributed by atoms with E-state index >= 15 is 0 Å². The fraction of sp³-hybridized carbons (Fsp3) is 0.100. The topological polar surface area (TPSA) is 48.3 Å². The zero-order valence-electron chi connectivity index (χ0n) is 13.5. The van der Waals surface area contributed by atoms with E-state index in [9.17, 15) is 9.59 Å². The van der Waals surface area contributed by atoms with Crippen molar-refractivity contribution >= 4 is 22.8 Å². The summed E-state index contributed by atoms with van der Waals surface area (Å²) in [5, 5.41) is 1.42. The van der Waals surface area contributed by atoms with Crippen molar-refractivity contribution in [3.8, 4) is 11.3 Å². The second-order valence-electron chi connectivity index (χ2n) is 5.39. The van der Waals surface area contributed by atoms with E-state index in [1.54, 1.807) is 23.8 Å². The second kappa shape index (κ2) is 6.54. The number of esters is 1. The summed E-state index contributed by atoms with van der Waals surface area (Å²) >= 11 is 0. The average Bonchev–Trinajstić information content (AvgIpc) is 2.63. The largest absolute Gasteiger partial charge is 0.466 e. The van der Waals surface area contributed by atoms with Gasteiger partial charge in [0.2, 0.25) is 0 Å². The van der Waals surface area contributed by atoms with Crippen LogP contribution in [0.5, 0.6) is 0 Å². The number of carbonyl (C=O) groups is 1. The molecule has 4 nitrogen and oxygen atoms in total. The monoisotopic (exact) mass is 319 g/mol. The Labute approximate surface area is 139 Å². The molecule has 0 aliphatic carbocycles. The fourth-order valence-corrected chi connectivity index (χ4v) is 2.83. The van der Waals surface area contributed by atoms with Crippen LogP contribution in [0.2, 0.25) is 0 Å². The highest BCUT2D eigenvalue weighted by atomic mass is 16.5. The number of hydrogen-bond acceptors (Lipinski definition) is 3. The summed E-state index contributed by atoms with van der Waals surface area (Å²) in [6.07, 6.45) is 3.08. The first-order chi connectivity index (χ1) is 11.6. The third-order valence-corrected chi connectivity index (χ3v) is 3.98. The van der Waals surface area contributed by atoms with E-state index in [1.807, 2.05) is 48.5 Å². The zero-order chi connectivity index (χ0) is 17.1.